The molecule has 0 aliphatic carbocycles. The Balaban J connectivity index is -0.000000500. The number of phenols is 2. The van der Waals surface area contributed by atoms with Gasteiger partial charge in [-0.1, -0.05) is 119 Å². The molecule has 2 N–H and O–H groups in total. The van der Waals surface area contributed by atoms with Crippen LogP contribution in [0.15, 0.2) is 36.4 Å². The Morgan fingerprint density at radius 2 is 0.576 bits per heavy atom. The maximum atomic E-state index is 10.3. The van der Waals surface area contributed by atoms with Crippen molar-refractivity contribution in [2.75, 3.05) is 0 Å². The molecule has 186 valence electrons. The summed E-state index contributed by atoms with van der Waals surface area (Å²) >= 11 is 0. The molecule has 0 unspecified atom stereocenters. The van der Waals surface area contributed by atoms with Gasteiger partial charge in [0.2, 0.25) is 0 Å². The predicted molar refractivity (Wildman–Crippen MR) is 144 cm³/mol. The van der Waals surface area contributed by atoms with E-state index in [1.165, 1.54) is 0 Å². The molecule has 2 aromatic carbocycles. The van der Waals surface area contributed by atoms with E-state index in [0.717, 1.165) is 22.3 Å². The number of hydrogen-bond acceptors (Lipinski definition) is 2. The molecule has 2 aromatic rings. The maximum absolute atomic E-state index is 10.3. The summed E-state index contributed by atoms with van der Waals surface area (Å²) in [5.41, 5.74) is 4.06. The first-order chi connectivity index (χ1) is 13.3. The predicted octanol–water partition coefficient (Wildman–Crippen LogP) is 8.87. The normalized spacial score (nSPS) is 11.8. The van der Waals surface area contributed by atoms with Crippen LogP contribution >= 0.6 is 0 Å². The second-order valence-corrected chi connectivity index (χ2v) is 12.4. The molecule has 0 aliphatic heterocycles. The van der Waals surface area contributed by atoms with E-state index in [1.54, 1.807) is 0 Å². The molecule has 0 aliphatic rings. The van der Waals surface area contributed by atoms with Crippen LogP contribution < -0.4 is 0 Å². The molecule has 2 nitrogen and oxygen atoms in total. The van der Waals surface area contributed by atoms with Crippen LogP contribution in [-0.4, -0.2) is 10.2 Å². The molecule has 0 saturated heterocycles. The summed E-state index contributed by atoms with van der Waals surface area (Å²) in [4.78, 5) is 0. The van der Waals surface area contributed by atoms with Crippen LogP contribution in [0.2, 0.25) is 0 Å². The molecule has 0 spiro atoms. The van der Waals surface area contributed by atoms with Crippen molar-refractivity contribution in [2.45, 2.75) is 105 Å². The van der Waals surface area contributed by atoms with Gasteiger partial charge in [-0.25, -0.2) is 0 Å². The van der Waals surface area contributed by atoms with Gasteiger partial charge in [-0.2, -0.15) is 0 Å². The summed E-state index contributed by atoms with van der Waals surface area (Å²) < 4.78 is 0. The number of rotatable bonds is 0. The minimum atomic E-state index is -0.00859. The number of para-hydroxylation sites is 2. The number of aromatic hydroxyl groups is 2. The van der Waals surface area contributed by atoms with Gasteiger partial charge in [0.25, 0.3) is 0 Å². The smallest absolute Gasteiger partial charge is 0.507 e. The summed E-state index contributed by atoms with van der Waals surface area (Å²) in [7, 11) is 0. The van der Waals surface area contributed by atoms with Gasteiger partial charge in [0.05, 0.1) is 0 Å². The van der Waals surface area contributed by atoms with E-state index < -0.39 is 0 Å². The first kappa shape index (κ1) is 36.5. The molecule has 0 saturated carbocycles. The number of hydrogen-bond donors (Lipinski definition) is 2. The van der Waals surface area contributed by atoms with Crippen LogP contribution in [0.1, 0.15) is 105 Å². The zero-order valence-electron chi connectivity index (χ0n) is 23.9. The fourth-order valence-electron chi connectivity index (χ4n) is 3.51. The Bertz CT molecular complexity index is 717. The third kappa shape index (κ3) is 9.98. The Hall–Kier alpha value is -1.08. The van der Waals surface area contributed by atoms with Gasteiger partial charge in [-0.05, 0) is 43.9 Å². The van der Waals surface area contributed by atoms with Gasteiger partial charge < -0.3 is 25.1 Å². The Labute approximate surface area is 225 Å². The first-order valence-electron chi connectivity index (χ1n) is 10.9. The number of phenolic OH excluding ortho intramolecular Hbond substituents is 2. The van der Waals surface area contributed by atoms with Gasteiger partial charge in [-0.15, -0.1) is 0 Å². The van der Waals surface area contributed by atoms with Crippen molar-refractivity contribution >= 4 is 0 Å². The van der Waals surface area contributed by atoms with Gasteiger partial charge in [0.15, 0.2) is 0 Å². The summed E-state index contributed by atoms with van der Waals surface area (Å²) in [5.74, 6) is 0.912. The Kier molecular flexibility index (Phi) is 13.9. The minimum Gasteiger partial charge on any atom is -0.507 e. The molecule has 0 amide bonds. The largest absolute Gasteiger partial charge is 2.00 e. The van der Waals surface area contributed by atoms with E-state index in [-0.39, 0.29) is 62.7 Å². The molecule has 0 fully saturated rings. The molecule has 0 bridgehead atoms. The minimum absolute atomic E-state index is 0. The Morgan fingerprint density at radius 1 is 0.424 bits per heavy atom. The van der Waals surface area contributed by atoms with Crippen molar-refractivity contribution in [1.29, 1.82) is 0 Å². The summed E-state index contributed by atoms with van der Waals surface area (Å²) in [6, 6.07) is 12.1. The maximum Gasteiger partial charge on any atom is 2.00 e. The van der Waals surface area contributed by atoms with Crippen molar-refractivity contribution in [3.8, 4) is 11.5 Å². The van der Waals surface area contributed by atoms with Crippen LogP contribution in [0.5, 0.6) is 11.5 Å². The molecule has 0 atom stereocenters. The van der Waals surface area contributed by atoms with E-state index in [1.807, 2.05) is 36.4 Å². The van der Waals surface area contributed by atoms with Gasteiger partial charge in [0, 0.05) is 0 Å². The molecular formula is C30H50O2Zr. The molecular weight excluding hydrogens is 484 g/mol. The van der Waals surface area contributed by atoms with Gasteiger partial charge in [-0.3, -0.25) is 0 Å². The standard InChI is InChI=1S/2C14H22O.2CH3.Zr/c2*1-13(2,3)10-8-7-9-11(12(10)15)14(4,5)6;;;/h2*7-9,15H,1-6H3;2*1H3;/q;;2*-1;+2. The van der Waals surface area contributed by atoms with Crippen LogP contribution in [-0.2, 0) is 47.9 Å². The molecule has 2 rings (SSSR count). The van der Waals surface area contributed by atoms with Crippen molar-refractivity contribution in [3.63, 3.8) is 0 Å². The second-order valence-electron chi connectivity index (χ2n) is 12.4. The summed E-state index contributed by atoms with van der Waals surface area (Å²) in [5, 5.41) is 20.5. The average molecular weight is 534 g/mol. The monoisotopic (exact) mass is 532 g/mol. The average Bonchev–Trinajstić information content (AvgIpc) is 2.51. The van der Waals surface area contributed by atoms with Crippen molar-refractivity contribution in [3.05, 3.63) is 73.5 Å². The van der Waals surface area contributed by atoms with Crippen molar-refractivity contribution in [2.24, 2.45) is 0 Å². The van der Waals surface area contributed by atoms with Crippen LogP contribution in [0.25, 0.3) is 0 Å². The van der Waals surface area contributed by atoms with Crippen LogP contribution in [0.3, 0.4) is 0 Å². The topological polar surface area (TPSA) is 40.5 Å². The third-order valence-corrected chi connectivity index (χ3v) is 5.30. The molecule has 0 heterocycles. The van der Waals surface area contributed by atoms with Crippen molar-refractivity contribution < 1.29 is 36.4 Å². The third-order valence-electron chi connectivity index (χ3n) is 5.30. The van der Waals surface area contributed by atoms with E-state index in [2.05, 4.69) is 83.1 Å². The zero-order chi connectivity index (χ0) is 23.7. The quantitative estimate of drug-likeness (QED) is 0.332. The Morgan fingerprint density at radius 3 is 0.697 bits per heavy atom. The molecule has 0 aromatic heterocycles. The fraction of sp³-hybridized carbons (Fsp3) is 0.533. The number of benzene rings is 2. The molecule has 0 radical (unpaired) electrons. The van der Waals surface area contributed by atoms with E-state index >= 15 is 0 Å². The van der Waals surface area contributed by atoms with Crippen LogP contribution in [0.4, 0.5) is 0 Å². The van der Waals surface area contributed by atoms with E-state index in [0.29, 0.717) is 11.5 Å². The molecule has 3 heteroatoms. The van der Waals surface area contributed by atoms with E-state index in [9.17, 15) is 10.2 Å². The van der Waals surface area contributed by atoms with Gasteiger partial charge in [0.1, 0.15) is 11.5 Å². The molecule has 33 heavy (non-hydrogen) atoms. The first-order valence-corrected chi connectivity index (χ1v) is 10.9. The van der Waals surface area contributed by atoms with Gasteiger partial charge >= 0.3 is 26.2 Å². The summed E-state index contributed by atoms with van der Waals surface area (Å²) in [6.07, 6.45) is 0. The summed E-state index contributed by atoms with van der Waals surface area (Å²) in [6.45, 7) is 25.4. The van der Waals surface area contributed by atoms with Crippen molar-refractivity contribution in [1.82, 2.24) is 0 Å². The SMILES string of the molecule is CC(C)(C)c1cccc(C(C)(C)C)c1O.CC(C)(C)c1cccc(C(C)(C)C)c1O.[CH3-].[CH3-].[Zr+2]. The van der Waals surface area contributed by atoms with Crippen LogP contribution in [0, 0.1) is 14.9 Å². The fourth-order valence-corrected chi connectivity index (χ4v) is 3.51. The second kappa shape index (κ2) is 12.6. The van der Waals surface area contributed by atoms with E-state index in [4.69, 9.17) is 0 Å². The zero-order valence-corrected chi connectivity index (χ0v) is 26.3.